The zero-order valence-electron chi connectivity index (χ0n) is 13.5. The Kier molecular flexibility index (Phi) is 5.45. The summed E-state index contributed by atoms with van der Waals surface area (Å²) in [7, 11) is 0. The largest absolute Gasteiger partial charge is 0.444 e. The van der Waals surface area contributed by atoms with Crippen LogP contribution in [-0.4, -0.2) is 35.6 Å². The lowest BCUT2D eigenvalue weighted by molar-refractivity contribution is -0.132. The molecular formula is C16H24N2O3S. The van der Waals surface area contributed by atoms with Gasteiger partial charge < -0.3 is 15.0 Å². The van der Waals surface area contributed by atoms with E-state index in [2.05, 4.69) is 16.8 Å². The number of hydrogen-bond donors (Lipinski definition) is 1. The number of hydrogen-bond acceptors (Lipinski definition) is 4. The number of rotatable bonds is 4. The first-order valence-corrected chi connectivity index (χ1v) is 8.53. The molecule has 0 saturated carbocycles. The molecule has 0 aromatic carbocycles. The SMILES string of the molecule is CC(C)(C)OC(=O)NCCCC(=O)N1CCc2sccc2C1. The topological polar surface area (TPSA) is 58.6 Å². The molecule has 0 unspecified atom stereocenters. The van der Waals surface area contributed by atoms with Crippen molar-refractivity contribution < 1.29 is 14.3 Å². The summed E-state index contributed by atoms with van der Waals surface area (Å²) in [6, 6.07) is 2.10. The number of carbonyl (C=O) groups excluding carboxylic acids is 2. The predicted molar refractivity (Wildman–Crippen MR) is 86.9 cm³/mol. The molecule has 1 aromatic heterocycles. The van der Waals surface area contributed by atoms with Crippen LogP contribution in [0, 0.1) is 0 Å². The van der Waals surface area contributed by atoms with Gasteiger partial charge in [0.25, 0.3) is 0 Å². The molecule has 1 aliphatic rings. The van der Waals surface area contributed by atoms with Crippen molar-refractivity contribution in [3.63, 3.8) is 0 Å². The Morgan fingerprint density at radius 1 is 1.41 bits per heavy atom. The number of ether oxygens (including phenoxy) is 1. The molecule has 2 heterocycles. The van der Waals surface area contributed by atoms with Crippen LogP contribution in [0.1, 0.15) is 44.1 Å². The summed E-state index contributed by atoms with van der Waals surface area (Å²) in [6.07, 6.45) is 1.61. The van der Waals surface area contributed by atoms with Gasteiger partial charge in [-0.25, -0.2) is 4.79 Å². The lowest BCUT2D eigenvalue weighted by atomic mass is 10.1. The van der Waals surface area contributed by atoms with Crippen molar-refractivity contribution in [1.82, 2.24) is 10.2 Å². The molecule has 0 radical (unpaired) electrons. The van der Waals surface area contributed by atoms with Crippen LogP contribution in [-0.2, 0) is 22.5 Å². The Labute approximate surface area is 135 Å². The summed E-state index contributed by atoms with van der Waals surface area (Å²) in [4.78, 5) is 27.0. The average Bonchev–Trinajstić information content (AvgIpc) is 2.88. The van der Waals surface area contributed by atoms with Crippen LogP contribution in [0.4, 0.5) is 4.79 Å². The molecule has 6 heteroatoms. The van der Waals surface area contributed by atoms with Gasteiger partial charge in [0.1, 0.15) is 5.60 Å². The second-order valence-electron chi connectivity index (χ2n) is 6.47. The van der Waals surface area contributed by atoms with Gasteiger partial charge in [-0.2, -0.15) is 0 Å². The maximum atomic E-state index is 12.2. The van der Waals surface area contributed by atoms with Gasteiger partial charge in [-0.15, -0.1) is 11.3 Å². The van der Waals surface area contributed by atoms with Gasteiger partial charge >= 0.3 is 6.09 Å². The maximum Gasteiger partial charge on any atom is 0.407 e. The number of nitrogens with one attached hydrogen (secondary N) is 1. The van der Waals surface area contributed by atoms with Gasteiger partial charge in [-0.3, -0.25) is 4.79 Å². The van der Waals surface area contributed by atoms with E-state index >= 15 is 0 Å². The Balaban J connectivity index is 1.66. The highest BCUT2D eigenvalue weighted by molar-refractivity contribution is 7.10. The summed E-state index contributed by atoms with van der Waals surface area (Å²) >= 11 is 1.77. The van der Waals surface area contributed by atoms with E-state index in [4.69, 9.17) is 4.74 Å². The Bertz CT molecular complexity index is 534. The predicted octanol–water partition coefficient (Wildman–Crippen LogP) is 2.94. The first kappa shape index (κ1) is 16.8. The van der Waals surface area contributed by atoms with Crippen LogP contribution in [0.15, 0.2) is 11.4 Å². The average molecular weight is 324 g/mol. The molecule has 0 saturated heterocycles. The Hall–Kier alpha value is -1.56. The molecule has 0 aliphatic carbocycles. The fraction of sp³-hybridized carbons (Fsp3) is 0.625. The first-order valence-electron chi connectivity index (χ1n) is 7.65. The maximum absolute atomic E-state index is 12.2. The van der Waals surface area contributed by atoms with Gasteiger partial charge in [-0.1, -0.05) is 0 Å². The molecule has 22 heavy (non-hydrogen) atoms. The fourth-order valence-electron chi connectivity index (χ4n) is 2.36. The lowest BCUT2D eigenvalue weighted by Crippen LogP contribution is -2.36. The van der Waals surface area contributed by atoms with Crippen molar-refractivity contribution in [2.75, 3.05) is 13.1 Å². The van der Waals surface area contributed by atoms with E-state index in [-0.39, 0.29) is 5.91 Å². The molecule has 5 nitrogen and oxygen atoms in total. The molecule has 0 fully saturated rings. The normalized spacial score (nSPS) is 14.4. The third kappa shape index (κ3) is 5.02. The Morgan fingerprint density at radius 3 is 2.91 bits per heavy atom. The molecule has 1 N–H and O–H groups in total. The molecule has 2 amide bonds. The standard InChI is InChI=1S/C16H24N2O3S/c1-16(2,3)21-15(20)17-8-4-5-14(19)18-9-6-13-12(11-18)7-10-22-13/h7,10H,4-6,8-9,11H2,1-3H3,(H,17,20). The van der Waals surface area contributed by atoms with E-state index in [9.17, 15) is 9.59 Å². The lowest BCUT2D eigenvalue weighted by Gasteiger charge is -2.27. The third-order valence-corrected chi connectivity index (χ3v) is 4.42. The van der Waals surface area contributed by atoms with Gasteiger partial charge in [0.2, 0.25) is 5.91 Å². The van der Waals surface area contributed by atoms with E-state index in [0.717, 1.165) is 19.5 Å². The van der Waals surface area contributed by atoms with Crippen molar-refractivity contribution in [2.24, 2.45) is 0 Å². The van der Waals surface area contributed by atoms with Crippen molar-refractivity contribution in [1.29, 1.82) is 0 Å². The summed E-state index contributed by atoms with van der Waals surface area (Å²) in [5, 5.41) is 4.77. The molecule has 0 bridgehead atoms. The van der Waals surface area contributed by atoms with Gasteiger partial charge in [0.05, 0.1) is 0 Å². The van der Waals surface area contributed by atoms with Crippen LogP contribution in [0.25, 0.3) is 0 Å². The van der Waals surface area contributed by atoms with E-state index in [1.54, 1.807) is 11.3 Å². The number of thiophene rings is 1. The number of alkyl carbamates (subject to hydrolysis) is 1. The van der Waals surface area contributed by atoms with Gasteiger partial charge in [0.15, 0.2) is 0 Å². The van der Waals surface area contributed by atoms with E-state index in [1.807, 2.05) is 25.7 Å². The number of nitrogens with zero attached hydrogens (tertiary/aromatic N) is 1. The molecule has 2 rings (SSSR count). The summed E-state index contributed by atoms with van der Waals surface area (Å²) in [6.45, 7) is 7.45. The molecule has 122 valence electrons. The van der Waals surface area contributed by atoms with Crippen LogP contribution in [0.2, 0.25) is 0 Å². The Morgan fingerprint density at radius 2 is 2.18 bits per heavy atom. The van der Waals surface area contributed by atoms with Crippen molar-refractivity contribution in [2.45, 2.75) is 52.2 Å². The monoisotopic (exact) mass is 324 g/mol. The quantitative estimate of drug-likeness (QED) is 0.866. The highest BCUT2D eigenvalue weighted by Gasteiger charge is 2.21. The van der Waals surface area contributed by atoms with Crippen molar-refractivity contribution in [3.8, 4) is 0 Å². The van der Waals surface area contributed by atoms with Crippen LogP contribution in [0.5, 0.6) is 0 Å². The second kappa shape index (κ2) is 7.13. The minimum absolute atomic E-state index is 0.155. The van der Waals surface area contributed by atoms with E-state index < -0.39 is 11.7 Å². The highest BCUT2D eigenvalue weighted by Crippen LogP contribution is 2.24. The molecule has 0 atom stereocenters. The summed E-state index contributed by atoms with van der Waals surface area (Å²) in [5.41, 5.74) is 0.780. The van der Waals surface area contributed by atoms with Crippen molar-refractivity contribution >= 4 is 23.3 Å². The molecule has 1 aromatic rings. The third-order valence-electron chi connectivity index (χ3n) is 3.40. The van der Waals surface area contributed by atoms with Crippen LogP contribution < -0.4 is 5.32 Å². The minimum Gasteiger partial charge on any atom is -0.444 e. The van der Waals surface area contributed by atoms with Gasteiger partial charge in [0, 0.05) is 30.9 Å². The van der Waals surface area contributed by atoms with Crippen molar-refractivity contribution in [3.05, 3.63) is 21.9 Å². The molecule has 0 spiro atoms. The minimum atomic E-state index is -0.494. The van der Waals surface area contributed by atoms with Gasteiger partial charge in [-0.05, 0) is 50.6 Å². The number of carbonyl (C=O) groups is 2. The highest BCUT2D eigenvalue weighted by atomic mass is 32.1. The van der Waals surface area contributed by atoms with E-state index in [0.29, 0.717) is 19.4 Å². The summed E-state index contributed by atoms with van der Waals surface area (Å²) < 4.78 is 5.15. The fourth-order valence-corrected chi connectivity index (χ4v) is 3.25. The number of fused-ring (bicyclic) bond motifs is 1. The molecular weight excluding hydrogens is 300 g/mol. The first-order chi connectivity index (χ1) is 10.3. The van der Waals surface area contributed by atoms with Crippen LogP contribution >= 0.6 is 11.3 Å². The summed E-state index contributed by atoms with van der Waals surface area (Å²) in [5.74, 6) is 0.155. The zero-order valence-corrected chi connectivity index (χ0v) is 14.3. The molecule has 1 aliphatic heterocycles. The van der Waals surface area contributed by atoms with E-state index in [1.165, 1.54) is 10.4 Å². The second-order valence-corrected chi connectivity index (χ2v) is 7.47. The zero-order chi connectivity index (χ0) is 16.2. The number of amides is 2. The van der Waals surface area contributed by atoms with Crippen LogP contribution in [0.3, 0.4) is 0 Å². The smallest absolute Gasteiger partial charge is 0.407 e.